The number of rotatable bonds is 5. The number of hydrogen-bond donors (Lipinski definition) is 3. The number of benzene rings is 2. The van der Waals surface area contributed by atoms with Crippen LogP contribution in [0.4, 0.5) is 0 Å². The molecule has 1 unspecified atom stereocenters. The summed E-state index contributed by atoms with van der Waals surface area (Å²) in [4.78, 5) is 4.40. The Morgan fingerprint density at radius 3 is 2.38 bits per heavy atom. The van der Waals surface area contributed by atoms with Crippen molar-refractivity contribution in [3.8, 4) is 0 Å². The Bertz CT molecular complexity index is 602. The van der Waals surface area contributed by atoms with Crippen molar-refractivity contribution in [3.05, 3.63) is 48.0 Å². The molecule has 21 heavy (non-hydrogen) atoms. The van der Waals surface area contributed by atoms with Crippen LogP contribution in [0.25, 0.3) is 10.8 Å². The third-order valence-electron chi connectivity index (χ3n) is 3.27. The van der Waals surface area contributed by atoms with Crippen molar-refractivity contribution in [1.29, 1.82) is 0 Å². The molecule has 2 aromatic carbocycles. The molecule has 0 spiro atoms. The normalized spacial score (nSPS) is 12.0. The van der Waals surface area contributed by atoms with Crippen molar-refractivity contribution in [3.63, 3.8) is 0 Å². The van der Waals surface area contributed by atoms with Crippen LogP contribution in [0.3, 0.4) is 0 Å². The van der Waals surface area contributed by atoms with Crippen LogP contribution in [0.1, 0.15) is 25.5 Å². The Balaban J connectivity index is 2.10. The van der Waals surface area contributed by atoms with Gasteiger partial charge in [-0.05, 0) is 36.2 Å². The Morgan fingerprint density at radius 1 is 1.05 bits per heavy atom. The largest absolute Gasteiger partial charge is 0.386 e. The van der Waals surface area contributed by atoms with Gasteiger partial charge in [0.15, 0.2) is 5.96 Å². The van der Waals surface area contributed by atoms with E-state index < -0.39 is 6.10 Å². The van der Waals surface area contributed by atoms with E-state index in [-0.39, 0.29) is 0 Å². The van der Waals surface area contributed by atoms with Crippen molar-refractivity contribution in [1.82, 2.24) is 10.6 Å². The fourth-order valence-corrected chi connectivity index (χ4v) is 2.21. The molecule has 0 aliphatic carbocycles. The maximum absolute atomic E-state index is 10.3. The summed E-state index contributed by atoms with van der Waals surface area (Å²) in [5.74, 6) is 0.736. The van der Waals surface area contributed by atoms with Gasteiger partial charge in [0.05, 0.1) is 12.6 Å². The first-order valence-corrected chi connectivity index (χ1v) is 7.43. The molecule has 0 heterocycles. The van der Waals surface area contributed by atoms with Crippen LogP contribution in [0.15, 0.2) is 47.5 Å². The first-order chi connectivity index (χ1) is 10.2. The van der Waals surface area contributed by atoms with Crippen LogP contribution in [-0.4, -0.2) is 30.7 Å². The Morgan fingerprint density at radius 2 is 1.71 bits per heavy atom. The van der Waals surface area contributed by atoms with Crippen LogP contribution in [0.2, 0.25) is 0 Å². The third kappa shape index (κ3) is 4.20. The highest BCUT2D eigenvalue weighted by molar-refractivity contribution is 5.83. The lowest BCUT2D eigenvalue weighted by atomic mass is 10.0. The van der Waals surface area contributed by atoms with Gasteiger partial charge in [0.1, 0.15) is 0 Å². The van der Waals surface area contributed by atoms with Crippen molar-refractivity contribution in [2.75, 3.05) is 19.6 Å². The Hall–Kier alpha value is -2.07. The summed E-state index contributed by atoms with van der Waals surface area (Å²) in [6.07, 6.45) is -0.595. The standard InChI is InChI=1S/C17H23N3O/c1-3-18-17(19-4-2)20-12-16(21)15-10-9-13-7-5-6-8-14(13)11-15/h5-11,16,21H,3-4,12H2,1-2H3,(H2,18,19,20). The Labute approximate surface area is 125 Å². The summed E-state index contributed by atoms with van der Waals surface area (Å²) >= 11 is 0. The van der Waals surface area contributed by atoms with Gasteiger partial charge in [-0.15, -0.1) is 0 Å². The van der Waals surface area contributed by atoms with Gasteiger partial charge in [-0.25, -0.2) is 0 Å². The number of aliphatic hydroxyl groups is 1. The van der Waals surface area contributed by atoms with Crippen molar-refractivity contribution in [2.24, 2.45) is 4.99 Å². The summed E-state index contributed by atoms with van der Waals surface area (Å²) in [5, 5.41) is 18.9. The van der Waals surface area contributed by atoms with Crippen molar-refractivity contribution in [2.45, 2.75) is 20.0 Å². The molecule has 0 saturated carbocycles. The first kappa shape index (κ1) is 15.3. The van der Waals surface area contributed by atoms with Gasteiger partial charge in [0.2, 0.25) is 0 Å². The van der Waals surface area contributed by atoms with E-state index in [1.165, 1.54) is 5.39 Å². The maximum Gasteiger partial charge on any atom is 0.191 e. The monoisotopic (exact) mass is 285 g/mol. The molecule has 0 saturated heterocycles. The SMILES string of the molecule is CCNC(=NCC(O)c1ccc2ccccc2c1)NCC. The molecule has 0 amide bonds. The topological polar surface area (TPSA) is 56.7 Å². The van der Waals surface area contributed by atoms with Gasteiger partial charge < -0.3 is 15.7 Å². The second-order valence-electron chi connectivity index (χ2n) is 4.87. The van der Waals surface area contributed by atoms with E-state index in [1.54, 1.807) is 0 Å². The Kier molecular flexibility index (Phi) is 5.58. The molecule has 4 nitrogen and oxygen atoms in total. The van der Waals surface area contributed by atoms with Crippen LogP contribution >= 0.6 is 0 Å². The van der Waals surface area contributed by atoms with E-state index in [1.807, 2.05) is 44.2 Å². The summed E-state index contributed by atoms with van der Waals surface area (Å²) < 4.78 is 0. The van der Waals surface area contributed by atoms with Gasteiger partial charge in [-0.1, -0.05) is 36.4 Å². The number of guanidine groups is 1. The molecule has 4 heteroatoms. The molecular weight excluding hydrogens is 262 g/mol. The smallest absolute Gasteiger partial charge is 0.191 e. The van der Waals surface area contributed by atoms with E-state index >= 15 is 0 Å². The highest BCUT2D eigenvalue weighted by atomic mass is 16.3. The van der Waals surface area contributed by atoms with Gasteiger partial charge >= 0.3 is 0 Å². The van der Waals surface area contributed by atoms with E-state index in [4.69, 9.17) is 0 Å². The quantitative estimate of drug-likeness (QED) is 0.584. The summed E-state index contributed by atoms with van der Waals surface area (Å²) in [6.45, 7) is 5.99. The van der Waals surface area contributed by atoms with Crippen molar-refractivity contribution >= 4 is 16.7 Å². The molecule has 2 aromatic rings. The summed E-state index contributed by atoms with van der Waals surface area (Å²) in [7, 11) is 0. The zero-order valence-corrected chi connectivity index (χ0v) is 12.6. The molecule has 3 N–H and O–H groups in total. The fraction of sp³-hybridized carbons (Fsp3) is 0.353. The second kappa shape index (κ2) is 7.64. The van der Waals surface area contributed by atoms with E-state index in [2.05, 4.69) is 27.8 Å². The lowest BCUT2D eigenvalue weighted by Gasteiger charge is -2.12. The average molecular weight is 285 g/mol. The third-order valence-corrected chi connectivity index (χ3v) is 3.27. The highest BCUT2D eigenvalue weighted by Gasteiger charge is 2.08. The van der Waals surface area contributed by atoms with Gasteiger partial charge in [-0.2, -0.15) is 0 Å². The van der Waals surface area contributed by atoms with E-state index in [0.717, 1.165) is 30.0 Å². The van der Waals surface area contributed by atoms with E-state index in [0.29, 0.717) is 6.54 Å². The lowest BCUT2D eigenvalue weighted by molar-refractivity contribution is 0.187. The highest BCUT2D eigenvalue weighted by Crippen LogP contribution is 2.20. The minimum absolute atomic E-state index is 0.341. The van der Waals surface area contributed by atoms with Crippen molar-refractivity contribution < 1.29 is 5.11 Å². The number of aliphatic hydroxyl groups excluding tert-OH is 1. The summed E-state index contributed by atoms with van der Waals surface area (Å²) in [5.41, 5.74) is 0.893. The molecule has 1 atom stereocenters. The fourth-order valence-electron chi connectivity index (χ4n) is 2.21. The van der Waals surface area contributed by atoms with Crippen LogP contribution in [0, 0.1) is 0 Å². The minimum Gasteiger partial charge on any atom is -0.386 e. The zero-order chi connectivity index (χ0) is 15.1. The molecule has 112 valence electrons. The molecule has 0 aliphatic rings. The average Bonchev–Trinajstić information content (AvgIpc) is 2.52. The van der Waals surface area contributed by atoms with Crippen LogP contribution in [0.5, 0.6) is 0 Å². The predicted molar refractivity (Wildman–Crippen MR) is 88.6 cm³/mol. The van der Waals surface area contributed by atoms with Crippen LogP contribution < -0.4 is 10.6 Å². The molecular formula is C17H23N3O. The van der Waals surface area contributed by atoms with Gasteiger partial charge in [0.25, 0.3) is 0 Å². The minimum atomic E-state index is -0.595. The zero-order valence-electron chi connectivity index (χ0n) is 12.6. The molecule has 2 rings (SSSR count). The second-order valence-corrected chi connectivity index (χ2v) is 4.87. The number of nitrogens with one attached hydrogen (secondary N) is 2. The maximum atomic E-state index is 10.3. The summed E-state index contributed by atoms with van der Waals surface area (Å²) in [6, 6.07) is 14.2. The van der Waals surface area contributed by atoms with Gasteiger partial charge in [0, 0.05) is 13.1 Å². The van der Waals surface area contributed by atoms with Crippen LogP contribution in [-0.2, 0) is 0 Å². The van der Waals surface area contributed by atoms with Gasteiger partial charge in [-0.3, -0.25) is 4.99 Å². The number of fused-ring (bicyclic) bond motifs is 1. The number of nitrogens with zero attached hydrogens (tertiary/aromatic N) is 1. The molecule has 0 aliphatic heterocycles. The molecule has 0 aromatic heterocycles. The predicted octanol–water partition coefficient (Wildman–Crippen LogP) is 2.45. The number of hydrogen-bond acceptors (Lipinski definition) is 2. The molecule has 0 bridgehead atoms. The van der Waals surface area contributed by atoms with E-state index in [9.17, 15) is 5.11 Å². The molecule has 0 radical (unpaired) electrons. The molecule has 0 fully saturated rings. The number of aliphatic imine (C=N–C) groups is 1. The first-order valence-electron chi connectivity index (χ1n) is 7.43. The lowest BCUT2D eigenvalue weighted by Crippen LogP contribution is -2.37.